The second-order valence-electron chi connectivity index (χ2n) is 5.41. The van der Waals surface area contributed by atoms with Crippen LogP contribution in [0.5, 0.6) is 0 Å². The molecule has 0 aliphatic rings. The highest BCUT2D eigenvalue weighted by Crippen LogP contribution is 2.23. The van der Waals surface area contributed by atoms with Crippen LogP contribution in [-0.2, 0) is 10.2 Å². The van der Waals surface area contributed by atoms with Crippen molar-refractivity contribution in [3.8, 4) is 0 Å². The first-order valence-corrected chi connectivity index (χ1v) is 6.36. The molecular weight excluding hydrogens is 248 g/mol. The normalized spacial score (nSPS) is 11.7. The van der Waals surface area contributed by atoms with Gasteiger partial charge in [-0.25, -0.2) is 0 Å². The van der Waals surface area contributed by atoms with Gasteiger partial charge in [-0.2, -0.15) is 0 Å². The summed E-state index contributed by atoms with van der Waals surface area (Å²) in [6, 6.07) is 7.75. The molecule has 3 nitrogen and oxygen atoms in total. The maximum absolute atomic E-state index is 11.6. The van der Waals surface area contributed by atoms with Crippen LogP contribution < -0.4 is 5.32 Å². The van der Waals surface area contributed by atoms with Gasteiger partial charge in [0.05, 0.1) is 6.54 Å². The lowest BCUT2D eigenvalue weighted by atomic mass is 9.84. The smallest absolute Gasteiger partial charge is 0.234 e. The second-order valence-corrected chi connectivity index (χ2v) is 5.84. The van der Waals surface area contributed by atoms with E-state index in [9.17, 15) is 4.79 Å². The lowest BCUT2D eigenvalue weighted by Crippen LogP contribution is -2.40. The number of benzene rings is 1. The van der Waals surface area contributed by atoms with Gasteiger partial charge >= 0.3 is 0 Å². The van der Waals surface area contributed by atoms with Crippen molar-refractivity contribution in [3.05, 3.63) is 34.9 Å². The van der Waals surface area contributed by atoms with Crippen LogP contribution in [-0.4, -0.2) is 38.0 Å². The monoisotopic (exact) mass is 268 g/mol. The third-order valence-electron chi connectivity index (χ3n) is 2.81. The quantitative estimate of drug-likeness (QED) is 0.889. The molecule has 0 heterocycles. The minimum Gasteiger partial charge on any atom is -0.354 e. The van der Waals surface area contributed by atoms with Gasteiger partial charge in [-0.15, -0.1) is 0 Å². The van der Waals surface area contributed by atoms with Crippen LogP contribution in [0.3, 0.4) is 0 Å². The summed E-state index contributed by atoms with van der Waals surface area (Å²) in [5.41, 5.74) is 1.06. The number of rotatable bonds is 5. The fourth-order valence-electron chi connectivity index (χ4n) is 1.67. The van der Waals surface area contributed by atoms with Gasteiger partial charge in [-0.1, -0.05) is 37.6 Å². The molecule has 1 aromatic carbocycles. The number of halogens is 1. The first kappa shape index (κ1) is 15.0. The summed E-state index contributed by atoms with van der Waals surface area (Å²) < 4.78 is 0. The molecule has 0 aromatic heterocycles. The number of likely N-dealkylation sites (N-methyl/N-ethyl adjacent to an activating group) is 1. The van der Waals surface area contributed by atoms with Crippen LogP contribution in [0.1, 0.15) is 19.4 Å². The molecule has 0 bridgehead atoms. The molecule has 0 unspecified atom stereocenters. The van der Waals surface area contributed by atoms with E-state index in [1.54, 1.807) is 0 Å². The topological polar surface area (TPSA) is 32.3 Å². The summed E-state index contributed by atoms with van der Waals surface area (Å²) in [4.78, 5) is 13.5. The van der Waals surface area contributed by atoms with E-state index in [0.717, 1.165) is 10.6 Å². The van der Waals surface area contributed by atoms with Gasteiger partial charge in [0.25, 0.3) is 0 Å². The van der Waals surface area contributed by atoms with E-state index in [1.807, 2.05) is 43.3 Å². The summed E-state index contributed by atoms with van der Waals surface area (Å²) >= 11 is 5.87. The van der Waals surface area contributed by atoms with Gasteiger partial charge in [0.2, 0.25) is 5.91 Å². The standard InChI is InChI=1S/C14H21ClN2O/c1-14(2,10-16-13(18)9-17(3)4)11-5-7-12(15)8-6-11/h5-8H,9-10H2,1-4H3,(H,16,18). The molecule has 18 heavy (non-hydrogen) atoms. The molecule has 0 saturated heterocycles. The van der Waals surface area contributed by atoms with Crippen molar-refractivity contribution < 1.29 is 4.79 Å². The second kappa shape index (κ2) is 6.21. The number of hydrogen-bond donors (Lipinski definition) is 1. The fraction of sp³-hybridized carbons (Fsp3) is 0.500. The average molecular weight is 269 g/mol. The molecule has 4 heteroatoms. The van der Waals surface area contributed by atoms with Gasteiger partial charge < -0.3 is 10.2 Å². The largest absolute Gasteiger partial charge is 0.354 e. The van der Waals surface area contributed by atoms with Crippen LogP contribution in [0.4, 0.5) is 0 Å². The van der Waals surface area contributed by atoms with E-state index in [0.29, 0.717) is 13.1 Å². The van der Waals surface area contributed by atoms with E-state index in [2.05, 4.69) is 19.2 Å². The van der Waals surface area contributed by atoms with Crippen LogP contribution in [0.2, 0.25) is 5.02 Å². The Labute approximate surface area is 114 Å². The SMILES string of the molecule is CN(C)CC(=O)NCC(C)(C)c1ccc(Cl)cc1. The molecular formula is C14H21ClN2O. The predicted molar refractivity (Wildman–Crippen MR) is 76.0 cm³/mol. The summed E-state index contributed by atoms with van der Waals surface area (Å²) in [6.45, 7) is 5.23. The highest BCUT2D eigenvalue weighted by atomic mass is 35.5. The Balaban J connectivity index is 2.59. The van der Waals surface area contributed by atoms with E-state index in [1.165, 1.54) is 0 Å². The Kier molecular flexibility index (Phi) is 5.17. The summed E-state index contributed by atoms with van der Waals surface area (Å²) in [7, 11) is 3.76. The Morgan fingerprint density at radius 3 is 2.33 bits per heavy atom. The van der Waals surface area contributed by atoms with Crippen molar-refractivity contribution >= 4 is 17.5 Å². The summed E-state index contributed by atoms with van der Waals surface area (Å²) in [5.74, 6) is 0.0436. The molecule has 0 atom stereocenters. The van der Waals surface area contributed by atoms with Gasteiger partial charge in [-0.3, -0.25) is 4.79 Å². The van der Waals surface area contributed by atoms with E-state index in [-0.39, 0.29) is 11.3 Å². The maximum Gasteiger partial charge on any atom is 0.234 e. The highest BCUT2D eigenvalue weighted by Gasteiger charge is 2.21. The zero-order valence-corrected chi connectivity index (χ0v) is 12.2. The molecule has 100 valence electrons. The summed E-state index contributed by atoms with van der Waals surface area (Å²) in [5, 5.41) is 3.68. The van der Waals surface area contributed by atoms with Gasteiger partial charge in [0.1, 0.15) is 0 Å². The van der Waals surface area contributed by atoms with Crippen LogP contribution in [0.25, 0.3) is 0 Å². The van der Waals surface area contributed by atoms with Crippen molar-refractivity contribution in [1.82, 2.24) is 10.2 Å². The van der Waals surface area contributed by atoms with Crippen LogP contribution in [0, 0.1) is 0 Å². The molecule has 0 aliphatic carbocycles. The molecule has 0 saturated carbocycles. The first-order valence-electron chi connectivity index (χ1n) is 5.99. The Bertz CT molecular complexity index is 399. The van der Waals surface area contributed by atoms with Gasteiger partial charge in [-0.05, 0) is 31.8 Å². The molecule has 1 rings (SSSR count). The Hall–Kier alpha value is -1.06. The number of nitrogens with one attached hydrogen (secondary N) is 1. The molecule has 0 fully saturated rings. The van der Waals surface area contributed by atoms with Crippen LogP contribution in [0.15, 0.2) is 24.3 Å². The van der Waals surface area contributed by atoms with Crippen molar-refractivity contribution in [2.24, 2.45) is 0 Å². The van der Waals surface area contributed by atoms with Crippen LogP contribution >= 0.6 is 11.6 Å². The zero-order valence-electron chi connectivity index (χ0n) is 11.5. The molecule has 1 N–H and O–H groups in total. The van der Waals surface area contributed by atoms with E-state index < -0.39 is 0 Å². The molecule has 1 amide bonds. The lowest BCUT2D eigenvalue weighted by molar-refractivity contribution is -0.121. The lowest BCUT2D eigenvalue weighted by Gasteiger charge is -2.26. The third-order valence-corrected chi connectivity index (χ3v) is 3.07. The molecule has 0 radical (unpaired) electrons. The number of nitrogens with zero attached hydrogens (tertiary/aromatic N) is 1. The van der Waals surface area contributed by atoms with Crippen molar-refractivity contribution in [1.29, 1.82) is 0 Å². The average Bonchev–Trinajstić information content (AvgIpc) is 2.26. The zero-order chi connectivity index (χ0) is 13.8. The number of hydrogen-bond acceptors (Lipinski definition) is 2. The predicted octanol–water partition coefficient (Wildman–Crippen LogP) is 2.30. The van der Waals surface area contributed by atoms with E-state index >= 15 is 0 Å². The maximum atomic E-state index is 11.6. The third kappa shape index (κ3) is 4.67. The fourth-order valence-corrected chi connectivity index (χ4v) is 1.79. The van der Waals surface area contributed by atoms with Crippen molar-refractivity contribution in [2.45, 2.75) is 19.3 Å². The van der Waals surface area contributed by atoms with Crippen molar-refractivity contribution in [3.63, 3.8) is 0 Å². The Morgan fingerprint density at radius 2 is 1.83 bits per heavy atom. The first-order chi connectivity index (χ1) is 8.31. The van der Waals surface area contributed by atoms with E-state index in [4.69, 9.17) is 11.6 Å². The number of amides is 1. The molecule has 0 aliphatic heterocycles. The molecule has 0 spiro atoms. The van der Waals surface area contributed by atoms with Gasteiger partial charge in [0, 0.05) is 17.0 Å². The highest BCUT2D eigenvalue weighted by molar-refractivity contribution is 6.30. The number of carbonyl (C=O) groups is 1. The van der Waals surface area contributed by atoms with Gasteiger partial charge in [0.15, 0.2) is 0 Å². The molecule has 1 aromatic rings. The summed E-state index contributed by atoms with van der Waals surface area (Å²) in [6.07, 6.45) is 0. The Morgan fingerprint density at radius 1 is 1.28 bits per heavy atom. The minimum absolute atomic E-state index is 0.0436. The minimum atomic E-state index is -0.105. The number of carbonyl (C=O) groups excluding carboxylic acids is 1. The van der Waals surface area contributed by atoms with Crippen molar-refractivity contribution in [2.75, 3.05) is 27.2 Å².